The van der Waals surface area contributed by atoms with Gasteiger partial charge < -0.3 is 5.32 Å². The number of benzene rings is 1. The summed E-state index contributed by atoms with van der Waals surface area (Å²) in [4.78, 5) is 0. The molecule has 1 aliphatic heterocycles. The van der Waals surface area contributed by atoms with Crippen LogP contribution in [-0.4, -0.2) is 17.5 Å². The molecular weight excluding hydrogens is 257 g/mol. The van der Waals surface area contributed by atoms with E-state index in [1.165, 1.54) is 30.6 Å². The number of thioether (sulfide) groups is 1. The van der Waals surface area contributed by atoms with E-state index in [2.05, 4.69) is 19.2 Å². The predicted molar refractivity (Wildman–Crippen MR) is 82.3 cm³/mol. The summed E-state index contributed by atoms with van der Waals surface area (Å²) in [5.74, 6) is 1.12. The van der Waals surface area contributed by atoms with Gasteiger partial charge in [-0.15, -0.1) is 0 Å². The predicted octanol–water partition coefficient (Wildman–Crippen LogP) is 4.46. The van der Waals surface area contributed by atoms with Crippen molar-refractivity contribution in [1.82, 2.24) is 5.32 Å². The highest BCUT2D eigenvalue weighted by Gasteiger charge is 2.26. The lowest BCUT2D eigenvalue weighted by Crippen LogP contribution is -2.33. The molecule has 106 valence electrons. The number of rotatable bonds is 5. The number of halogens is 1. The molecule has 1 fully saturated rings. The standard InChI is InChI=1S/C16H24FNS/c1-3-9-18-16(15-6-4-5-10-19-15)14-11-13(17)8-7-12(14)2/h7-8,11,15-16,18H,3-6,9-10H2,1-2H3. The molecule has 1 aromatic rings. The van der Waals surface area contributed by atoms with Crippen molar-refractivity contribution in [2.45, 2.75) is 50.8 Å². The Morgan fingerprint density at radius 2 is 2.26 bits per heavy atom. The van der Waals surface area contributed by atoms with Crippen molar-refractivity contribution >= 4 is 11.8 Å². The molecule has 1 N–H and O–H groups in total. The molecular formula is C16H24FNS. The Morgan fingerprint density at radius 1 is 1.42 bits per heavy atom. The zero-order chi connectivity index (χ0) is 13.7. The molecule has 19 heavy (non-hydrogen) atoms. The average Bonchev–Trinajstić information content (AvgIpc) is 2.44. The molecule has 0 bridgehead atoms. The fourth-order valence-corrected chi connectivity index (χ4v) is 4.16. The minimum absolute atomic E-state index is 0.121. The quantitative estimate of drug-likeness (QED) is 0.855. The summed E-state index contributed by atoms with van der Waals surface area (Å²) in [5.41, 5.74) is 2.34. The Balaban J connectivity index is 2.22. The molecule has 0 spiro atoms. The first-order valence-electron chi connectivity index (χ1n) is 7.33. The van der Waals surface area contributed by atoms with Crippen molar-refractivity contribution in [1.29, 1.82) is 0 Å². The van der Waals surface area contributed by atoms with Crippen LogP contribution in [0.25, 0.3) is 0 Å². The molecule has 0 saturated carbocycles. The van der Waals surface area contributed by atoms with Crippen LogP contribution >= 0.6 is 11.8 Å². The first kappa shape index (κ1) is 14.9. The number of aryl methyl sites for hydroxylation is 1. The van der Waals surface area contributed by atoms with E-state index in [1.54, 1.807) is 12.1 Å². The summed E-state index contributed by atoms with van der Waals surface area (Å²) in [6.07, 6.45) is 4.98. The van der Waals surface area contributed by atoms with Crippen molar-refractivity contribution in [2.75, 3.05) is 12.3 Å². The van der Waals surface area contributed by atoms with Gasteiger partial charge in [-0.2, -0.15) is 11.8 Å². The van der Waals surface area contributed by atoms with E-state index in [1.807, 2.05) is 17.8 Å². The maximum atomic E-state index is 13.6. The van der Waals surface area contributed by atoms with Crippen LogP contribution in [0.15, 0.2) is 18.2 Å². The van der Waals surface area contributed by atoms with E-state index >= 15 is 0 Å². The van der Waals surface area contributed by atoms with Crippen LogP contribution in [0, 0.1) is 12.7 Å². The monoisotopic (exact) mass is 281 g/mol. The first-order chi connectivity index (χ1) is 9.22. The topological polar surface area (TPSA) is 12.0 Å². The summed E-state index contributed by atoms with van der Waals surface area (Å²) in [6.45, 7) is 5.26. The summed E-state index contributed by atoms with van der Waals surface area (Å²) in [6, 6.07) is 5.47. The normalized spacial score (nSPS) is 21.3. The lowest BCUT2D eigenvalue weighted by atomic mass is 9.95. The molecule has 1 nitrogen and oxygen atoms in total. The van der Waals surface area contributed by atoms with Crippen LogP contribution in [0.1, 0.15) is 49.8 Å². The van der Waals surface area contributed by atoms with Gasteiger partial charge in [-0.25, -0.2) is 4.39 Å². The number of nitrogens with one attached hydrogen (secondary N) is 1. The number of hydrogen-bond acceptors (Lipinski definition) is 2. The molecule has 2 rings (SSSR count). The molecule has 0 radical (unpaired) electrons. The Bertz CT molecular complexity index is 402. The van der Waals surface area contributed by atoms with E-state index in [0.29, 0.717) is 11.3 Å². The van der Waals surface area contributed by atoms with Gasteiger partial charge in [0.25, 0.3) is 0 Å². The molecule has 1 aliphatic rings. The van der Waals surface area contributed by atoms with E-state index in [0.717, 1.165) is 18.5 Å². The van der Waals surface area contributed by atoms with Gasteiger partial charge in [0.2, 0.25) is 0 Å². The molecule has 1 aromatic carbocycles. The van der Waals surface area contributed by atoms with E-state index in [4.69, 9.17) is 0 Å². The Morgan fingerprint density at radius 3 is 2.95 bits per heavy atom. The van der Waals surface area contributed by atoms with E-state index < -0.39 is 0 Å². The van der Waals surface area contributed by atoms with Crippen LogP contribution in [0.2, 0.25) is 0 Å². The molecule has 0 aromatic heterocycles. The molecule has 1 saturated heterocycles. The highest BCUT2D eigenvalue weighted by atomic mass is 32.2. The largest absolute Gasteiger partial charge is 0.309 e. The number of hydrogen-bond donors (Lipinski definition) is 1. The fraction of sp³-hybridized carbons (Fsp3) is 0.625. The lowest BCUT2D eigenvalue weighted by Gasteiger charge is -2.32. The smallest absolute Gasteiger partial charge is 0.123 e. The summed E-state index contributed by atoms with van der Waals surface area (Å²) < 4.78 is 13.6. The second-order valence-electron chi connectivity index (χ2n) is 5.34. The highest BCUT2D eigenvalue weighted by Crippen LogP contribution is 2.36. The van der Waals surface area contributed by atoms with Crippen LogP contribution in [-0.2, 0) is 0 Å². The second kappa shape index (κ2) is 7.30. The van der Waals surface area contributed by atoms with Crippen LogP contribution < -0.4 is 5.32 Å². The highest BCUT2D eigenvalue weighted by molar-refractivity contribution is 8.00. The maximum Gasteiger partial charge on any atom is 0.123 e. The first-order valence-corrected chi connectivity index (χ1v) is 8.38. The van der Waals surface area contributed by atoms with Gasteiger partial charge in [0.15, 0.2) is 0 Å². The van der Waals surface area contributed by atoms with Gasteiger partial charge in [-0.05, 0) is 61.7 Å². The van der Waals surface area contributed by atoms with Crippen LogP contribution in [0.3, 0.4) is 0 Å². The van der Waals surface area contributed by atoms with Gasteiger partial charge in [-0.1, -0.05) is 19.4 Å². The molecule has 3 heteroatoms. The van der Waals surface area contributed by atoms with Gasteiger partial charge in [0.05, 0.1) is 0 Å². The van der Waals surface area contributed by atoms with Crippen molar-refractivity contribution in [2.24, 2.45) is 0 Å². The maximum absolute atomic E-state index is 13.6. The average molecular weight is 281 g/mol. The van der Waals surface area contributed by atoms with Gasteiger partial charge >= 0.3 is 0 Å². The zero-order valence-electron chi connectivity index (χ0n) is 11.9. The zero-order valence-corrected chi connectivity index (χ0v) is 12.7. The van der Waals surface area contributed by atoms with Crippen molar-refractivity contribution in [3.8, 4) is 0 Å². The third-order valence-electron chi connectivity index (χ3n) is 3.78. The summed E-state index contributed by atoms with van der Waals surface area (Å²) >= 11 is 2.05. The third-order valence-corrected chi connectivity index (χ3v) is 5.24. The summed E-state index contributed by atoms with van der Waals surface area (Å²) in [7, 11) is 0. The molecule has 2 unspecified atom stereocenters. The minimum atomic E-state index is -0.121. The molecule has 2 atom stereocenters. The molecule has 0 amide bonds. The Labute approximate surface area is 120 Å². The minimum Gasteiger partial charge on any atom is -0.309 e. The fourth-order valence-electron chi connectivity index (χ4n) is 2.72. The van der Waals surface area contributed by atoms with Crippen molar-refractivity contribution in [3.63, 3.8) is 0 Å². The van der Waals surface area contributed by atoms with Gasteiger partial charge in [-0.3, -0.25) is 0 Å². The lowest BCUT2D eigenvalue weighted by molar-refractivity contribution is 0.475. The van der Waals surface area contributed by atoms with Crippen LogP contribution in [0.4, 0.5) is 4.39 Å². The van der Waals surface area contributed by atoms with Gasteiger partial charge in [0.1, 0.15) is 5.82 Å². The Hall–Kier alpha value is -0.540. The second-order valence-corrected chi connectivity index (χ2v) is 6.68. The van der Waals surface area contributed by atoms with Gasteiger partial charge in [0, 0.05) is 11.3 Å². The molecule has 0 aliphatic carbocycles. The van der Waals surface area contributed by atoms with Crippen molar-refractivity contribution < 1.29 is 4.39 Å². The van der Waals surface area contributed by atoms with Crippen molar-refractivity contribution in [3.05, 3.63) is 35.1 Å². The van der Waals surface area contributed by atoms with E-state index in [-0.39, 0.29) is 5.82 Å². The molecule has 1 heterocycles. The third kappa shape index (κ3) is 3.96. The van der Waals surface area contributed by atoms with Crippen LogP contribution in [0.5, 0.6) is 0 Å². The SMILES string of the molecule is CCCNC(c1cc(F)ccc1C)C1CCCCS1. The van der Waals surface area contributed by atoms with E-state index in [9.17, 15) is 4.39 Å². The Kier molecular flexibility index (Phi) is 5.71. The summed E-state index contributed by atoms with van der Waals surface area (Å²) in [5, 5.41) is 4.22.